The van der Waals surface area contributed by atoms with Gasteiger partial charge in [-0.15, -0.1) is 0 Å². The standard InChI is InChI=1S/C12H15N5O4.3H3O4P/c1-4-8-10(21-12(18-2)20-8)9(19-4)6-5-7(17-16-6)11(13)15-3-14-5;3*1-5(2,3)4/h3-4,8-10,12H,1-2H3,(H,16,17)(H2,13,14,15);3*(H3,1,2,3,4)/t4-,8-,9+,10-,12?;;;/m1.../s1. The number of ether oxygens (including phenoxy) is 4. The number of aromatic amines is 1. The van der Waals surface area contributed by atoms with Gasteiger partial charge in [-0.05, 0) is 6.92 Å². The molecule has 4 heterocycles. The minimum Gasteiger partial charge on any atom is -0.382 e. The molecule has 2 aromatic heterocycles. The van der Waals surface area contributed by atoms with Crippen molar-refractivity contribution in [3.63, 3.8) is 0 Å². The molecule has 36 heavy (non-hydrogen) atoms. The number of methoxy groups -OCH3 is 1. The average molecular weight is 587 g/mol. The first-order valence-electron chi connectivity index (χ1n) is 8.97. The minimum absolute atomic E-state index is 0.127. The molecule has 5 atom stereocenters. The van der Waals surface area contributed by atoms with Gasteiger partial charge in [0.25, 0.3) is 6.48 Å². The highest BCUT2D eigenvalue weighted by Gasteiger charge is 2.52. The summed E-state index contributed by atoms with van der Waals surface area (Å²) in [6, 6.07) is 0. The maximum atomic E-state index is 8.88. The van der Waals surface area contributed by atoms with Crippen molar-refractivity contribution in [1.29, 1.82) is 0 Å². The number of H-pyrrole nitrogens is 1. The number of nitrogens with zero attached hydrogens (tertiary/aromatic N) is 3. The Bertz CT molecular complexity index is 1060. The predicted molar refractivity (Wildman–Crippen MR) is 113 cm³/mol. The van der Waals surface area contributed by atoms with E-state index in [1.165, 1.54) is 13.4 Å². The largest absolute Gasteiger partial charge is 0.466 e. The Morgan fingerprint density at radius 1 is 0.861 bits per heavy atom. The molecule has 21 nitrogen and oxygen atoms in total. The highest BCUT2D eigenvalue weighted by atomic mass is 31.2. The predicted octanol–water partition coefficient (Wildman–Crippen LogP) is -2.68. The fourth-order valence-corrected chi connectivity index (χ4v) is 2.86. The average Bonchev–Trinajstić information content (AvgIpc) is 3.33. The van der Waals surface area contributed by atoms with E-state index in [9.17, 15) is 0 Å². The Labute approximate surface area is 200 Å². The maximum absolute atomic E-state index is 8.88. The number of hydrogen-bond acceptors (Lipinski definition) is 11. The second-order valence-electron chi connectivity index (χ2n) is 6.62. The third kappa shape index (κ3) is 12.2. The smallest absolute Gasteiger partial charge is 0.382 e. The quantitative estimate of drug-likeness (QED) is 0.159. The van der Waals surface area contributed by atoms with Crippen LogP contribution in [-0.2, 0) is 32.6 Å². The van der Waals surface area contributed by atoms with Crippen molar-refractivity contribution in [3.05, 3.63) is 12.0 Å². The SMILES string of the molecule is COC1O[C@@H]2[C@H](O1)[C@@H](C)O[C@H]2c1[nH]nc2c(N)ncnc12.O=P(O)(O)O.O=P(O)(O)O.O=P(O)(O)O. The van der Waals surface area contributed by atoms with Crippen molar-refractivity contribution in [2.75, 3.05) is 12.8 Å². The molecule has 208 valence electrons. The van der Waals surface area contributed by atoms with Crippen molar-refractivity contribution >= 4 is 40.3 Å². The first kappa shape index (κ1) is 32.5. The lowest BCUT2D eigenvalue weighted by Crippen LogP contribution is -2.26. The Morgan fingerprint density at radius 2 is 1.33 bits per heavy atom. The summed E-state index contributed by atoms with van der Waals surface area (Å²) in [6.07, 6.45) is 0.417. The first-order chi connectivity index (χ1) is 16.2. The van der Waals surface area contributed by atoms with Crippen LogP contribution in [0.25, 0.3) is 11.0 Å². The van der Waals surface area contributed by atoms with Crippen molar-refractivity contribution in [3.8, 4) is 0 Å². The summed E-state index contributed by atoms with van der Waals surface area (Å²) >= 11 is 0. The van der Waals surface area contributed by atoms with Gasteiger partial charge in [0.2, 0.25) is 0 Å². The van der Waals surface area contributed by atoms with Crippen LogP contribution in [0.15, 0.2) is 6.33 Å². The summed E-state index contributed by atoms with van der Waals surface area (Å²) in [7, 11) is -12.4. The topological polar surface area (TPSA) is 351 Å². The van der Waals surface area contributed by atoms with E-state index in [0.29, 0.717) is 22.5 Å². The number of anilines is 1. The van der Waals surface area contributed by atoms with Crippen LogP contribution in [0, 0.1) is 0 Å². The van der Waals surface area contributed by atoms with E-state index in [2.05, 4.69) is 20.2 Å². The van der Waals surface area contributed by atoms with Crippen LogP contribution in [0.4, 0.5) is 5.82 Å². The van der Waals surface area contributed by atoms with Gasteiger partial charge in [-0.1, -0.05) is 0 Å². The van der Waals surface area contributed by atoms with Gasteiger partial charge in [-0.3, -0.25) is 5.10 Å². The Kier molecular flexibility index (Phi) is 11.6. The zero-order chi connectivity index (χ0) is 28.1. The normalized spacial score (nSPS) is 25.6. The number of nitrogen functional groups attached to an aromatic ring is 1. The molecule has 2 aliphatic rings. The van der Waals surface area contributed by atoms with Crippen LogP contribution in [0.5, 0.6) is 0 Å². The second-order valence-corrected chi connectivity index (χ2v) is 9.70. The van der Waals surface area contributed by atoms with Gasteiger partial charge >= 0.3 is 23.5 Å². The van der Waals surface area contributed by atoms with E-state index >= 15 is 0 Å². The zero-order valence-electron chi connectivity index (χ0n) is 18.1. The number of aromatic nitrogens is 4. The van der Waals surface area contributed by atoms with Gasteiger partial charge in [0.1, 0.15) is 30.2 Å². The van der Waals surface area contributed by atoms with Crippen molar-refractivity contribution in [2.45, 2.75) is 37.8 Å². The van der Waals surface area contributed by atoms with Gasteiger partial charge < -0.3 is 68.7 Å². The molecule has 0 amide bonds. The third-order valence-electron chi connectivity index (χ3n) is 3.85. The maximum Gasteiger partial charge on any atom is 0.466 e. The van der Waals surface area contributed by atoms with Gasteiger partial charge in [-0.2, -0.15) is 5.10 Å². The molecule has 24 heteroatoms. The van der Waals surface area contributed by atoms with Crippen LogP contribution in [0.1, 0.15) is 18.7 Å². The lowest BCUT2D eigenvalue weighted by molar-refractivity contribution is -0.250. The van der Waals surface area contributed by atoms with E-state index in [0.717, 1.165) is 0 Å². The summed E-state index contributed by atoms with van der Waals surface area (Å²) in [5.74, 6) is 0.323. The van der Waals surface area contributed by atoms with E-state index in [4.69, 9.17) is 82.4 Å². The molecule has 2 aromatic rings. The highest BCUT2D eigenvalue weighted by Crippen LogP contribution is 2.42. The molecule has 12 N–H and O–H groups in total. The molecule has 0 radical (unpaired) electrons. The molecule has 0 aliphatic carbocycles. The van der Waals surface area contributed by atoms with E-state index < -0.39 is 29.9 Å². The number of rotatable bonds is 2. The number of hydrogen-bond donors (Lipinski definition) is 11. The van der Waals surface area contributed by atoms with E-state index in [-0.39, 0.29) is 24.4 Å². The number of fused-ring (bicyclic) bond motifs is 2. The van der Waals surface area contributed by atoms with Crippen molar-refractivity contribution in [1.82, 2.24) is 20.2 Å². The van der Waals surface area contributed by atoms with E-state index in [1.807, 2.05) is 6.92 Å². The van der Waals surface area contributed by atoms with Gasteiger partial charge in [-0.25, -0.2) is 23.7 Å². The highest BCUT2D eigenvalue weighted by molar-refractivity contribution is 7.45. The summed E-state index contributed by atoms with van der Waals surface area (Å²) in [5, 5.41) is 7.09. The van der Waals surface area contributed by atoms with Crippen LogP contribution >= 0.6 is 23.5 Å². The summed E-state index contributed by atoms with van der Waals surface area (Å²) < 4.78 is 49.1. The molecular weight excluding hydrogens is 563 g/mol. The lowest BCUT2D eigenvalue weighted by Gasteiger charge is -2.16. The molecule has 2 saturated heterocycles. The molecular formula is C12H24N5O16P3. The van der Waals surface area contributed by atoms with Crippen LogP contribution in [0.2, 0.25) is 0 Å². The molecule has 0 saturated carbocycles. The minimum atomic E-state index is -4.64. The van der Waals surface area contributed by atoms with E-state index in [1.54, 1.807) is 0 Å². The Morgan fingerprint density at radius 3 is 1.81 bits per heavy atom. The molecule has 2 aliphatic heterocycles. The third-order valence-corrected chi connectivity index (χ3v) is 3.85. The van der Waals surface area contributed by atoms with Gasteiger partial charge in [0, 0.05) is 7.11 Å². The number of nitrogens with two attached hydrogens (primary N) is 1. The second kappa shape index (κ2) is 12.9. The van der Waals surface area contributed by atoms with Gasteiger partial charge in [0.05, 0.1) is 11.8 Å². The summed E-state index contributed by atoms with van der Waals surface area (Å²) in [5.41, 5.74) is 7.65. The van der Waals surface area contributed by atoms with Crippen molar-refractivity contribution in [2.24, 2.45) is 0 Å². The Balaban J connectivity index is 0.000000358. The number of phosphoric acid groups is 3. The molecule has 2 fully saturated rings. The number of nitrogens with one attached hydrogen (secondary N) is 1. The first-order valence-corrected chi connectivity index (χ1v) is 13.7. The molecule has 1 unspecified atom stereocenters. The summed E-state index contributed by atoms with van der Waals surface area (Å²) in [4.78, 5) is 72.8. The zero-order valence-corrected chi connectivity index (χ0v) is 20.8. The molecule has 0 bridgehead atoms. The summed E-state index contributed by atoms with van der Waals surface area (Å²) in [6.45, 7) is 1.25. The molecule has 4 rings (SSSR count). The van der Waals surface area contributed by atoms with Crippen LogP contribution in [-0.4, -0.2) is 96.1 Å². The van der Waals surface area contributed by atoms with Gasteiger partial charge in [0.15, 0.2) is 11.3 Å². The molecule has 0 aromatic carbocycles. The fourth-order valence-electron chi connectivity index (χ4n) is 2.86. The van der Waals surface area contributed by atoms with Crippen molar-refractivity contribution < 1.29 is 76.7 Å². The fraction of sp³-hybridized carbons (Fsp3) is 0.583. The lowest BCUT2D eigenvalue weighted by atomic mass is 10.1. The van der Waals surface area contributed by atoms with Crippen LogP contribution in [0.3, 0.4) is 0 Å². The monoisotopic (exact) mass is 587 g/mol. The van der Waals surface area contributed by atoms with Crippen LogP contribution < -0.4 is 5.73 Å². The molecule has 0 spiro atoms. The Hall–Kier alpha value is -1.48.